The van der Waals surface area contributed by atoms with Gasteiger partial charge in [0, 0.05) is 24.5 Å². The minimum absolute atomic E-state index is 0. The standard InChI is InChI=1S/C12H22N2O.ClH/c1-9-4-3-7-14(9)12(15)10-5-2-6-11(13)8-10;/h9-11H,2-8,13H2,1H3;1H. The molecule has 2 aliphatic rings. The second-order valence-electron chi connectivity index (χ2n) is 5.15. The molecule has 1 saturated carbocycles. The molecule has 2 N–H and O–H groups in total. The molecule has 3 atom stereocenters. The van der Waals surface area contributed by atoms with Crippen LogP contribution in [0.4, 0.5) is 0 Å². The first-order chi connectivity index (χ1) is 7.18. The number of carbonyl (C=O) groups is 1. The maximum atomic E-state index is 12.2. The normalized spacial score (nSPS) is 34.6. The highest BCUT2D eigenvalue weighted by molar-refractivity contribution is 5.85. The average molecular weight is 247 g/mol. The van der Waals surface area contributed by atoms with Gasteiger partial charge in [0.2, 0.25) is 5.91 Å². The Morgan fingerprint density at radius 3 is 2.56 bits per heavy atom. The molecule has 2 fully saturated rings. The molecular weight excluding hydrogens is 224 g/mol. The molecule has 94 valence electrons. The largest absolute Gasteiger partial charge is 0.340 e. The number of halogens is 1. The molecule has 1 saturated heterocycles. The summed E-state index contributed by atoms with van der Waals surface area (Å²) in [5.74, 6) is 0.587. The van der Waals surface area contributed by atoms with Crippen LogP contribution in [-0.4, -0.2) is 29.4 Å². The molecule has 3 unspecified atom stereocenters. The van der Waals surface area contributed by atoms with Crippen molar-refractivity contribution in [2.24, 2.45) is 11.7 Å². The predicted octanol–water partition coefficient (Wildman–Crippen LogP) is 1.94. The lowest BCUT2D eigenvalue weighted by Crippen LogP contribution is -2.42. The number of hydrogen-bond acceptors (Lipinski definition) is 2. The molecule has 1 heterocycles. The molecule has 0 bridgehead atoms. The zero-order valence-corrected chi connectivity index (χ0v) is 10.8. The smallest absolute Gasteiger partial charge is 0.225 e. The Kier molecular flexibility index (Phi) is 5.06. The summed E-state index contributed by atoms with van der Waals surface area (Å²) in [4.78, 5) is 14.3. The fourth-order valence-corrected chi connectivity index (χ4v) is 2.95. The van der Waals surface area contributed by atoms with Gasteiger partial charge in [0.25, 0.3) is 0 Å². The van der Waals surface area contributed by atoms with Crippen LogP contribution in [0.2, 0.25) is 0 Å². The third-order valence-electron chi connectivity index (χ3n) is 3.90. The zero-order chi connectivity index (χ0) is 10.8. The monoisotopic (exact) mass is 246 g/mol. The molecule has 3 nitrogen and oxygen atoms in total. The van der Waals surface area contributed by atoms with E-state index in [1.807, 2.05) is 0 Å². The highest BCUT2D eigenvalue weighted by Crippen LogP contribution is 2.28. The lowest BCUT2D eigenvalue weighted by Gasteiger charge is -2.31. The Labute approximate surface area is 104 Å². The van der Waals surface area contributed by atoms with Crippen LogP contribution in [-0.2, 0) is 4.79 Å². The minimum atomic E-state index is 0. The number of hydrogen-bond donors (Lipinski definition) is 1. The van der Waals surface area contributed by atoms with Gasteiger partial charge in [0.1, 0.15) is 0 Å². The Morgan fingerprint density at radius 1 is 1.25 bits per heavy atom. The molecule has 0 aromatic rings. The molecule has 0 aromatic heterocycles. The van der Waals surface area contributed by atoms with E-state index in [9.17, 15) is 4.79 Å². The first-order valence-electron chi connectivity index (χ1n) is 6.24. The molecule has 0 aromatic carbocycles. The van der Waals surface area contributed by atoms with Crippen LogP contribution in [0.1, 0.15) is 45.4 Å². The van der Waals surface area contributed by atoms with Crippen molar-refractivity contribution in [1.82, 2.24) is 4.90 Å². The van der Waals surface area contributed by atoms with Crippen molar-refractivity contribution in [2.75, 3.05) is 6.54 Å². The Bertz CT molecular complexity index is 247. The molecule has 1 amide bonds. The summed E-state index contributed by atoms with van der Waals surface area (Å²) in [6.45, 7) is 3.12. The summed E-state index contributed by atoms with van der Waals surface area (Å²) < 4.78 is 0. The number of nitrogens with zero attached hydrogens (tertiary/aromatic N) is 1. The number of amides is 1. The first-order valence-corrected chi connectivity index (χ1v) is 6.24. The number of nitrogens with two attached hydrogens (primary N) is 1. The van der Waals surface area contributed by atoms with Gasteiger partial charge in [0.05, 0.1) is 0 Å². The van der Waals surface area contributed by atoms with Crippen LogP contribution in [0.15, 0.2) is 0 Å². The number of carbonyl (C=O) groups excluding carboxylic acids is 1. The third-order valence-corrected chi connectivity index (χ3v) is 3.90. The molecule has 0 radical (unpaired) electrons. The van der Waals surface area contributed by atoms with E-state index in [1.165, 1.54) is 12.8 Å². The highest BCUT2D eigenvalue weighted by Gasteiger charge is 2.32. The summed E-state index contributed by atoms with van der Waals surface area (Å²) in [5, 5.41) is 0. The maximum absolute atomic E-state index is 12.2. The maximum Gasteiger partial charge on any atom is 0.225 e. The van der Waals surface area contributed by atoms with Gasteiger partial charge in [-0.3, -0.25) is 4.79 Å². The van der Waals surface area contributed by atoms with E-state index in [0.717, 1.165) is 32.2 Å². The van der Waals surface area contributed by atoms with Gasteiger partial charge in [-0.05, 0) is 39.0 Å². The predicted molar refractivity (Wildman–Crippen MR) is 67.6 cm³/mol. The summed E-state index contributed by atoms with van der Waals surface area (Å²) >= 11 is 0. The van der Waals surface area contributed by atoms with Crippen molar-refractivity contribution >= 4 is 18.3 Å². The summed E-state index contributed by atoms with van der Waals surface area (Å²) in [6.07, 6.45) is 6.52. The molecule has 1 aliphatic carbocycles. The quantitative estimate of drug-likeness (QED) is 0.769. The Hall–Kier alpha value is -0.280. The van der Waals surface area contributed by atoms with E-state index < -0.39 is 0 Å². The van der Waals surface area contributed by atoms with Crippen LogP contribution < -0.4 is 5.73 Å². The average Bonchev–Trinajstić information content (AvgIpc) is 2.63. The number of rotatable bonds is 1. The molecular formula is C12H23ClN2O. The minimum Gasteiger partial charge on any atom is -0.340 e. The van der Waals surface area contributed by atoms with Crippen LogP contribution in [0, 0.1) is 5.92 Å². The van der Waals surface area contributed by atoms with E-state index in [-0.39, 0.29) is 24.4 Å². The van der Waals surface area contributed by atoms with Crippen LogP contribution in [0.3, 0.4) is 0 Å². The lowest BCUT2D eigenvalue weighted by molar-refractivity contribution is -0.137. The fourth-order valence-electron chi connectivity index (χ4n) is 2.95. The fraction of sp³-hybridized carbons (Fsp3) is 0.917. The van der Waals surface area contributed by atoms with Gasteiger partial charge in [-0.1, -0.05) is 6.42 Å². The summed E-state index contributed by atoms with van der Waals surface area (Å²) in [6, 6.07) is 0.710. The molecule has 2 rings (SSSR count). The second kappa shape index (κ2) is 5.87. The Morgan fingerprint density at radius 2 is 2.00 bits per heavy atom. The van der Waals surface area contributed by atoms with E-state index in [4.69, 9.17) is 5.73 Å². The lowest BCUT2D eigenvalue weighted by atomic mass is 9.85. The van der Waals surface area contributed by atoms with Crippen molar-refractivity contribution in [3.8, 4) is 0 Å². The molecule has 1 aliphatic heterocycles. The molecule has 4 heteroatoms. The molecule has 0 spiro atoms. The van der Waals surface area contributed by atoms with Gasteiger partial charge in [0.15, 0.2) is 0 Å². The van der Waals surface area contributed by atoms with E-state index in [2.05, 4.69) is 11.8 Å². The van der Waals surface area contributed by atoms with Crippen molar-refractivity contribution in [1.29, 1.82) is 0 Å². The van der Waals surface area contributed by atoms with Gasteiger partial charge in [-0.25, -0.2) is 0 Å². The Balaban J connectivity index is 0.00000128. The van der Waals surface area contributed by atoms with Crippen molar-refractivity contribution in [3.05, 3.63) is 0 Å². The van der Waals surface area contributed by atoms with Crippen molar-refractivity contribution in [3.63, 3.8) is 0 Å². The van der Waals surface area contributed by atoms with Gasteiger partial charge in [-0.15, -0.1) is 12.4 Å². The highest BCUT2D eigenvalue weighted by atomic mass is 35.5. The van der Waals surface area contributed by atoms with Crippen LogP contribution in [0.5, 0.6) is 0 Å². The van der Waals surface area contributed by atoms with Crippen LogP contribution >= 0.6 is 12.4 Å². The van der Waals surface area contributed by atoms with Crippen molar-refractivity contribution < 1.29 is 4.79 Å². The summed E-state index contributed by atoms with van der Waals surface area (Å²) in [7, 11) is 0. The van der Waals surface area contributed by atoms with Crippen LogP contribution in [0.25, 0.3) is 0 Å². The second-order valence-corrected chi connectivity index (χ2v) is 5.15. The van der Waals surface area contributed by atoms with E-state index >= 15 is 0 Å². The third kappa shape index (κ3) is 2.89. The van der Waals surface area contributed by atoms with Gasteiger partial charge in [-0.2, -0.15) is 0 Å². The zero-order valence-electron chi connectivity index (χ0n) is 10.0. The first kappa shape index (κ1) is 13.8. The number of likely N-dealkylation sites (tertiary alicyclic amines) is 1. The van der Waals surface area contributed by atoms with Gasteiger partial charge >= 0.3 is 0 Å². The summed E-state index contributed by atoms with van der Waals surface area (Å²) in [5.41, 5.74) is 5.93. The SMILES string of the molecule is CC1CCCN1C(=O)C1CCCC(N)C1.Cl. The molecule has 16 heavy (non-hydrogen) atoms. The van der Waals surface area contributed by atoms with Crippen molar-refractivity contribution in [2.45, 2.75) is 57.5 Å². The van der Waals surface area contributed by atoms with Gasteiger partial charge < -0.3 is 10.6 Å². The van der Waals surface area contributed by atoms with E-state index in [1.54, 1.807) is 0 Å². The topological polar surface area (TPSA) is 46.3 Å². The van der Waals surface area contributed by atoms with E-state index in [0.29, 0.717) is 11.9 Å².